The molecule has 3 amide bonds. The van der Waals surface area contributed by atoms with Crippen molar-refractivity contribution in [3.05, 3.63) is 24.3 Å². The van der Waals surface area contributed by atoms with Gasteiger partial charge in [0.05, 0.1) is 0 Å². The third kappa shape index (κ3) is 5.39. The summed E-state index contributed by atoms with van der Waals surface area (Å²) in [7, 11) is 3.70. The molecule has 0 aromatic heterocycles. The maximum atomic E-state index is 12.0. The number of nitrogens with one attached hydrogen (secondary N) is 1. The Kier molecular flexibility index (Phi) is 5.53. The fourth-order valence-corrected chi connectivity index (χ4v) is 1.62. The summed E-state index contributed by atoms with van der Waals surface area (Å²) in [6.45, 7) is -1.08. The molecule has 1 aromatic carbocycles. The number of amides is 3. The molecule has 0 aliphatic rings. The van der Waals surface area contributed by atoms with Crippen molar-refractivity contribution in [3.8, 4) is 0 Å². The molecule has 0 aliphatic heterocycles. The molecule has 0 spiro atoms. The fourth-order valence-electron chi connectivity index (χ4n) is 1.62. The van der Waals surface area contributed by atoms with E-state index >= 15 is 0 Å². The number of hydrogen-bond donors (Lipinski definition) is 3. The second kappa shape index (κ2) is 7.13. The van der Waals surface area contributed by atoms with Gasteiger partial charge in [-0.2, -0.15) is 0 Å². The van der Waals surface area contributed by atoms with E-state index in [0.29, 0.717) is 5.69 Å². The van der Waals surface area contributed by atoms with Crippen molar-refractivity contribution >= 4 is 29.3 Å². The van der Waals surface area contributed by atoms with Crippen molar-refractivity contribution in [1.82, 2.24) is 4.90 Å². The first kappa shape index (κ1) is 16.3. The van der Waals surface area contributed by atoms with Crippen molar-refractivity contribution < 1.29 is 19.5 Å². The molecule has 0 saturated heterocycles. The predicted octanol–water partition coefficient (Wildman–Crippen LogP) is 0.156. The van der Waals surface area contributed by atoms with Crippen LogP contribution in [0.5, 0.6) is 0 Å². The van der Waals surface area contributed by atoms with Gasteiger partial charge >= 0.3 is 12.0 Å². The third-order valence-corrected chi connectivity index (χ3v) is 2.57. The number of benzene rings is 1. The van der Waals surface area contributed by atoms with Gasteiger partial charge in [0.15, 0.2) is 0 Å². The van der Waals surface area contributed by atoms with Crippen molar-refractivity contribution in [2.45, 2.75) is 0 Å². The number of primary amides is 1. The van der Waals surface area contributed by atoms with Gasteiger partial charge in [-0.15, -0.1) is 0 Å². The van der Waals surface area contributed by atoms with E-state index in [1.807, 2.05) is 25.1 Å². The van der Waals surface area contributed by atoms with Crippen LogP contribution in [-0.4, -0.2) is 55.1 Å². The summed E-state index contributed by atoms with van der Waals surface area (Å²) in [6, 6.07) is 6.29. The number of carboxylic acid groups (broad SMARTS) is 1. The summed E-state index contributed by atoms with van der Waals surface area (Å²) in [5.74, 6) is -2.01. The lowest BCUT2D eigenvalue weighted by Crippen LogP contribution is -2.43. The molecular formula is C13H18N4O4. The van der Waals surface area contributed by atoms with E-state index in [1.54, 1.807) is 18.2 Å². The van der Waals surface area contributed by atoms with Gasteiger partial charge in [0, 0.05) is 25.5 Å². The molecule has 4 N–H and O–H groups in total. The van der Waals surface area contributed by atoms with Gasteiger partial charge in [0.25, 0.3) is 0 Å². The van der Waals surface area contributed by atoms with Gasteiger partial charge in [-0.25, -0.2) is 4.79 Å². The number of rotatable bonds is 6. The van der Waals surface area contributed by atoms with E-state index in [4.69, 9.17) is 10.8 Å². The zero-order valence-electron chi connectivity index (χ0n) is 11.9. The summed E-state index contributed by atoms with van der Waals surface area (Å²) < 4.78 is 0. The first-order chi connectivity index (χ1) is 9.79. The number of carbonyl (C=O) groups excluding carboxylic acids is 2. The number of nitrogens with zero attached hydrogens (tertiary/aromatic N) is 2. The zero-order valence-corrected chi connectivity index (χ0v) is 11.9. The first-order valence-electron chi connectivity index (χ1n) is 6.13. The highest BCUT2D eigenvalue weighted by atomic mass is 16.4. The Morgan fingerprint density at radius 3 is 2.43 bits per heavy atom. The number of urea groups is 1. The van der Waals surface area contributed by atoms with E-state index in [-0.39, 0.29) is 0 Å². The summed E-state index contributed by atoms with van der Waals surface area (Å²) in [6.07, 6.45) is 0. The van der Waals surface area contributed by atoms with Crippen LogP contribution in [0.25, 0.3) is 0 Å². The number of anilines is 2. The monoisotopic (exact) mass is 294 g/mol. The summed E-state index contributed by atoms with van der Waals surface area (Å²) in [5, 5.41) is 11.3. The molecule has 8 heteroatoms. The van der Waals surface area contributed by atoms with Crippen LogP contribution in [0, 0.1) is 0 Å². The predicted molar refractivity (Wildman–Crippen MR) is 78.2 cm³/mol. The molecule has 0 saturated carbocycles. The lowest BCUT2D eigenvalue weighted by atomic mass is 10.2. The standard InChI is InChI=1S/C13H18N4O4/c1-16(2)10-5-3-4-9(6-10)15-13(21)17(7-11(14)18)8-12(19)20/h3-6H,7-8H2,1-2H3,(H2,14,18)(H,15,21)(H,19,20). The SMILES string of the molecule is CN(C)c1cccc(NC(=O)N(CC(N)=O)CC(=O)O)c1. The van der Waals surface area contributed by atoms with Crippen LogP contribution < -0.4 is 16.0 Å². The number of aliphatic carboxylic acids is 1. The van der Waals surface area contributed by atoms with Crippen molar-refractivity contribution in [2.75, 3.05) is 37.4 Å². The lowest BCUT2D eigenvalue weighted by Gasteiger charge is -2.20. The largest absolute Gasteiger partial charge is 0.480 e. The van der Waals surface area contributed by atoms with Crippen LogP contribution in [0.4, 0.5) is 16.2 Å². The number of carbonyl (C=O) groups is 3. The molecule has 0 fully saturated rings. The second-order valence-corrected chi connectivity index (χ2v) is 4.59. The highest BCUT2D eigenvalue weighted by molar-refractivity contribution is 5.94. The van der Waals surface area contributed by atoms with Gasteiger partial charge in [-0.05, 0) is 18.2 Å². The van der Waals surface area contributed by atoms with E-state index < -0.39 is 31.0 Å². The molecule has 114 valence electrons. The molecule has 1 rings (SSSR count). The molecule has 0 atom stereocenters. The number of nitrogens with two attached hydrogens (primary N) is 1. The summed E-state index contributed by atoms with van der Waals surface area (Å²) in [4.78, 5) is 36.3. The maximum Gasteiger partial charge on any atom is 0.323 e. The van der Waals surface area contributed by atoms with E-state index in [2.05, 4.69) is 5.32 Å². The van der Waals surface area contributed by atoms with Gasteiger partial charge in [-0.1, -0.05) is 6.07 Å². The molecular weight excluding hydrogens is 276 g/mol. The quantitative estimate of drug-likeness (QED) is 0.691. The highest BCUT2D eigenvalue weighted by Crippen LogP contribution is 2.17. The Balaban J connectivity index is 2.82. The molecule has 0 bridgehead atoms. The topological polar surface area (TPSA) is 116 Å². The van der Waals surface area contributed by atoms with E-state index in [1.165, 1.54) is 0 Å². The lowest BCUT2D eigenvalue weighted by molar-refractivity contribution is -0.137. The van der Waals surface area contributed by atoms with Crippen molar-refractivity contribution in [2.24, 2.45) is 5.73 Å². The Labute approximate surface area is 122 Å². The zero-order chi connectivity index (χ0) is 16.0. The first-order valence-corrected chi connectivity index (χ1v) is 6.13. The molecule has 0 unspecified atom stereocenters. The van der Waals surface area contributed by atoms with Crippen LogP contribution in [-0.2, 0) is 9.59 Å². The third-order valence-electron chi connectivity index (χ3n) is 2.57. The van der Waals surface area contributed by atoms with Crippen LogP contribution in [0.1, 0.15) is 0 Å². The molecule has 0 heterocycles. The minimum Gasteiger partial charge on any atom is -0.480 e. The smallest absolute Gasteiger partial charge is 0.323 e. The molecule has 8 nitrogen and oxygen atoms in total. The Morgan fingerprint density at radius 2 is 1.90 bits per heavy atom. The van der Waals surface area contributed by atoms with Crippen LogP contribution >= 0.6 is 0 Å². The van der Waals surface area contributed by atoms with Crippen LogP contribution in [0.15, 0.2) is 24.3 Å². The van der Waals surface area contributed by atoms with E-state index in [9.17, 15) is 14.4 Å². The summed E-state index contributed by atoms with van der Waals surface area (Å²) in [5.41, 5.74) is 6.36. The maximum absolute atomic E-state index is 12.0. The van der Waals surface area contributed by atoms with Crippen molar-refractivity contribution in [1.29, 1.82) is 0 Å². The van der Waals surface area contributed by atoms with Gasteiger partial charge in [0.1, 0.15) is 13.1 Å². The fraction of sp³-hybridized carbons (Fsp3) is 0.308. The number of carboxylic acids is 1. The Hall–Kier alpha value is -2.77. The average Bonchev–Trinajstić information content (AvgIpc) is 2.37. The van der Waals surface area contributed by atoms with E-state index in [0.717, 1.165) is 10.6 Å². The number of hydrogen-bond acceptors (Lipinski definition) is 4. The molecule has 0 radical (unpaired) electrons. The Bertz CT molecular complexity index is 529. The second-order valence-electron chi connectivity index (χ2n) is 4.59. The minimum atomic E-state index is -1.23. The minimum absolute atomic E-state index is 0.467. The molecule has 21 heavy (non-hydrogen) atoms. The highest BCUT2D eigenvalue weighted by Gasteiger charge is 2.19. The van der Waals surface area contributed by atoms with Gasteiger partial charge in [0.2, 0.25) is 5.91 Å². The Morgan fingerprint density at radius 1 is 1.24 bits per heavy atom. The summed E-state index contributed by atoms with van der Waals surface area (Å²) >= 11 is 0. The molecule has 1 aromatic rings. The normalized spacial score (nSPS) is 9.81. The van der Waals surface area contributed by atoms with Crippen LogP contribution in [0.2, 0.25) is 0 Å². The molecule has 0 aliphatic carbocycles. The van der Waals surface area contributed by atoms with Crippen LogP contribution in [0.3, 0.4) is 0 Å². The van der Waals surface area contributed by atoms with Gasteiger partial charge < -0.3 is 26.0 Å². The average molecular weight is 294 g/mol. The van der Waals surface area contributed by atoms with Gasteiger partial charge in [-0.3, -0.25) is 9.59 Å². The van der Waals surface area contributed by atoms with Crippen molar-refractivity contribution in [3.63, 3.8) is 0 Å².